The van der Waals surface area contributed by atoms with Crippen LogP contribution in [0.5, 0.6) is 0 Å². The van der Waals surface area contributed by atoms with Crippen LogP contribution in [-0.4, -0.2) is 6.04 Å². The van der Waals surface area contributed by atoms with Crippen molar-refractivity contribution in [2.45, 2.75) is 38.8 Å². The smallest absolute Gasteiger partial charge is 0.123 e. The second kappa shape index (κ2) is 4.75. The molecule has 1 aromatic carbocycles. The van der Waals surface area contributed by atoms with Crippen LogP contribution in [0.4, 0.5) is 4.39 Å². The summed E-state index contributed by atoms with van der Waals surface area (Å²) >= 11 is 0. The quantitative estimate of drug-likeness (QED) is 0.782. The van der Waals surface area contributed by atoms with Gasteiger partial charge in [-0.2, -0.15) is 0 Å². The number of nitrogens with one attached hydrogen (secondary N) is 1. The van der Waals surface area contributed by atoms with E-state index in [0.717, 1.165) is 18.0 Å². The van der Waals surface area contributed by atoms with Gasteiger partial charge >= 0.3 is 0 Å². The van der Waals surface area contributed by atoms with Gasteiger partial charge in [0.05, 0.1) is 0 Å². The van der Waals surface area contributed by atoms with Crippen molar-refractivity contribution in [3.63, 3.8) is 0 Å². The molecule has 1 unspecified atom stereocenters. The second-order valence-electron chi connectivity index (χ2n) is 4.59. The monoisotopic (exact) mass is 207 g/mol. The average Bonchev–Trinajstić information content (AvgIpc) is 2.99. The van der Waals surface area contributed by atoms with Gasteiger partial charge in [-0.15, -0.1) is 0 Å². The summed E-state index contributed by atoms with van der Waals surface area (Å²) in [7, 11) is 0. The zero-order valence-corrected chi connectivity index (χ0v) is 9.17. The van der Waals surface area contributed by atoms with E-state index in [1.807, 2.05) is 6.07 Å². The highest BCUT2D eigenvalue weighted by Crippen LogP contribution is 2.33. The standard InChI is InChI=1S/C13H18FN/c1-10(7-11-5-6-11)15-9-12-3-2-4-13(14)8-12/h2-4,8,10-11,15H,5-7,9H2,1H3. The molecule has 1 aliphatic rings. The van der Waals surface area contributed by atoms with Crippen LogP contribution < -0.4 is 5.32 Å². The Morgan fingerprint density at radius 2 is 2.27 bits per heavy atom. The van der Waals surface area contributed by atoms with Crippen molar-refractivity contribution in [2.75, 3.05) is 0 Å². The highest BCUT2D eigenvalue weighted by molar-refractivity contribution is 5.16. The molecule has 0 radical (unpaired) electrons. The molecule has 0 heterocycles. The highest BCUT2D eigenvalue weighted by Gasteiger charge is 2.23. The molecule has 15 heavy (non-hydrogen) atoms. The van der Waals surface area contributed by atoms with Gasteiger partial charge in [-0.25, -0.2) is 4.39 Å². The summed E-state index contributed by atoms with van der Waals surface area (Å²) < 4.78 is 12.9. The largest absolute Gasteiger partial charge is 0.310 e. The third-order valence-corrected chi connectivity index (χ3v) is 2.93. The molecule has 1 nitrogen and oxygen atoms in total. The van der Waals surface area contributed by atoms with E-state index in [1.54, 1.807) is 12.1 Å². The Hall–Kier alpha value is -0.890. The van der Waals surface area contributed by atoms with E-state index in [2.05, 4.69) is 12.2 Å². The Bertz CT molecular complexity index is 320. The first-order valence-electron chi connectivity index (χ1n) is 5.72. The predicted octanol–water partition coefficient (Wildman–Crippen LogP) is 3.10. The van der Waals surface area contributed by atoms with Crippen LogP contribution >= 0.6 is 0 Å². The Kier molecular flexibility index (Phi) is 3.37. The molecule has 82 valence electrons. The zero-order chi connectivity index (χ0) is 10.7. The van der Waals surface area contributed by atoms with Crippen LogP contribution in [0.1, 0.15) is 31.7 Å². The van der Waals surface area contributed by atoms with Crippen LogP contribution in [0.25, 0.3) is 0 Å². The summed E-state index contributed by atoms with van der Waals surface area (Å²) in [4.78, 5) is 0. The van der Waals surface area contributed by atoms with Gasteiger partial charge in [0.2, 0.25) is 0 Å². The number of benzene rings is 1. The lowest BCUT2D eigenvalue weighted by atomic mass is 10.1. The van der Waals surface area contributed by atoms with Crippen molar-refractivity contribution < 1.29 is 4.39 Å². The molecule has 2 heteroatoms. The van der Waals surface area contributed by atoms with Crippen LogP contribution in [0.3, 0.4) is 0 Å². The van der Waals surface area contributed by atoms with Crippen LogP contribution in [0.15, 0.2) is 24.3 Å². The number of halogens is 1. The minimum atomic E-state index is -0.149. The lowest BCUT2D eigenvalue weighted by Gasteiger charge is -2.13. The van der Waals surface area contributed by atoms with Crippen molar-refractivity contribution in [1.82, 2.24) is 5.32 Å². The van der Waals surface area contributed by atoms with E-state index in [1.165, 1.54) is 25.3 Å². The van der Waals surface area contributed by atoms with Crippen molar-refractivity contribution in [3.05, 3.63) is 35.6 Å². The van der Waals surface area contributed by atoms with E-state index in [-0.39, 0.29) is 5.82 Å². The van der Waals surface area contributed by atoms with E-state index >= 15 is 0 Å². The molecule has 0 saturated heterocycles. The molecule has 1 aliphatic carbocycles. The molecule has 2 rings (SSSR count). The van der Waals surface area contributed by atoms with Crippen molar-refractivity contribution in [1.29, 1.82) is 0 Å². The molecule has 0 spiro atoms. The molecule has 0 aromatic heterocycles. The third-order valence-electron chi connectivity index (χ3n) is 2.93. The van der Waals surface area contributed by atoms with E-state index in [9.17, 15) is 4.39 Å². The molecular weight excluding hydrogens is 189 g/mol. The number of hydrogen-bond acceptors (Lipinski definition) is 1. The summed E-state index contributed by atoms with van der Waals surface area (Å²) in [5.41, 5.74) is 1.03. The highest BCUT2D eigenvalue weighted by atomic mass is 19.1. The zero-order valence-electron chi connectivity index (χ0n) is 9.17. The fraction of sp³-hybridized carbons (Fsp3) is 0.538. The molecule has 1 N–H and O–H groups in total. The fourth-order valence-corrected chi connectivity index (χ4v) is 1.88. The molecule has 1 aromatic rings. The van der Waals surface area contributed by atoms with Crippen LogP contribution in [0, 0.1) is 11.7 Å². The van der Waals surface area contributed by atoms with Gasteiger partial charge in [0.1, 0.15) is 5.82 Å². The van der Waals surface area contributed by atoms with Gasteiger partial charge < -0.3 is 5.32 Å². The molecule has 1 saturated carbocycles. The molecule has 1 atom stereocenters. The molecule has 0 aliphatic heterocycles. The first-order chi connectivity index (χ1) is 7.24. The normalized spacial score (nSPS) is 17.7. The second-order valence-corrected chi connectivity index (χ2v) is 4.59. The van der Waals surface area contributed by atoms with Crippen molar-refractivity contribution in [3.8, 4) is 0 Å². The molecular formula is C13H18FN. The minimum absolute atomic E-state index is 0.149. The summed E-state index contributed by atoms with van der Waals surface area (Å²) in [6.45, 7) is 2.98. The van der Waals surface area contributed by atoms with E-state index < -0.39 is 0 Å². The van der Waals surface area contributed by atoms with E-state index in [0.29, 0.717) is 6.04 Å². The first-order valence-corrected chi connectivity index (χ1v) is 5.72. The summed E-state index contributed by atoms with van der Waals surface area (Å²) in [5.74, 6) is 0.796. The van der Waals surface area contributed by atoms with Gasteiger partial charge in [0.15, 0.2) is 0 Å². The SMILES string of the molecule is CC(CC1CC1)NCc1cccc(F)c1. The van der Waals surface area contributed by atoms with Gasteiger partial charge in [-0.3, -0.25) is 0 Å². The number of rotatable bonds is 5. The lowest BCUT2D eigenvalue weighted by molar-refractivity contribution is 0.486. The Labute approximate surface area is 90.7 Å². The van der Waals surface area contributed by atoms with Gasteiger partial charge in [-0.05, 0) is 37.0 Å². The van der Waals surface area contributed by atoms with Crippen molar-refractivity contribution in [2.24, 2.45) is 5.92 Å². The fourth-order valence-electron chi connectivity index (χ4n) is 1.88. The van der Waals surface area contributed by atoms with E-state index in [4.69, 9.17) is 0 Å². The summed E-state index contributed by atoms with van der Waals surface area (Å²) in [5, 5.41) is 3.43. The number of hydrogen-bond donors (Lipinski definition) is 1. The molecule has 1 fully saturated rings. The lowest BCUT2D eigenvalue weighted by Crippen LogP contribution is -2.25. The predicted molar refractivity (Wildman–Crippen MR) is 60.0 cm³/mol. The summed E-state index contributed by atoms with van der Waals surface area (Å²) in [6.07, 6.45) is 4.05. The first kappa shape index (κ1) is 10.6. The molecule has 0 amide bonds. The maximum Gasteiger partial charge on any atom is 0.123 e. The van der Waals surface area contributed by atoms with Gasteiger partial charge in [-0.1, -0.05) is 25.0 Å². The Balaban J connectivity index is 1.76. The average molecular weight is 207 g/mol. The van der Waals surface area contributed by atoms with Crippen LogP contribution in [-0.2, 0) is 6.54 Å². The topological polar surface area (TPSA) is 12.0 Å². The third kappa shape index (κ3) is 3.63. The molecule has 0 bridgehead atoms. The maximum atomic E-state index is 12.9. The Morgan fingerprint density at radius 3 is 2.93 bits per heavy atom. The minimum Gasteiger partial charge on any atom is -0.310 e. The maximum absolute atomic E-state index is 12.9. The van der Waals surface area contributed by atoms with Gasteiger partial charge in [0.25, 0.3) is 0 Å². The van der Waals surface area contributed by atoms with Gasteiger partial charge in [0, 0.05) is 12.6 Å². The van der Waals surface area contributed by atoms with Crippen molar-refractivity contribution >= 4 is 0 Å². The summed E-state index contributed by atoms with van der Waals surface area (Å²) in [6, 6.07) is 7.34. The van der Waals surface area contributed by atoms with Crippen LogP contribution in [0.2, 0.25) is 0 Å². The Morgan fingerprint density at radius 1 is 1.47 bits per heavy atom.